The van der Waals surface area contributed by atoms with Crippen LogP contribution in [0.2, 0.25) is 0 Å². The van der Waals surface area contributed by atoms with Crippen LogP contribution >= 0.6 is 22.2 Å². The highest BCUT2D eigenvalue weighted by atomic mass is 35.7. The second kappa shape index (κ2) is 29.2. The number of anilines is 3. The van der Waals surface area contributed by atoms with E-state index in [4.69, 9.17) is 42.6 Å². The zero-order valence-corrected chi connectivity index (χ0v) is 58.0. The molecule has 0 radical (unpaired) electrons. The van der Waals surface area contributed by atoms with Gasteiger partial charge in [-0.25, -0.2) is 15.0 Å². The van der Waals surface area contributed by atoms with Gasteiger partial charge in [-0.2, -0.15) is 0 Å². The Hall–Kier alpha value is -10.5. The largest absolute Gasteiger partial charge is 0.383 e. The van der Waals surface area contributed by atoms with Gasteiger partial charge in [-0.05, 0) is 97.1 Å². The van der Waals surface area contributed by atoms with Gasteiger partial charge in [0.1, 0.15) is 17.5 Å². The first-order valence-electron chi connectivity index (χ1n) is 32.8. The summed E-state index contributed by atoms with van der Waals surface area (Å²) < 4.78 is 10.7. The van der Waals surface area contributed by atoms with Crippen molar-refractivity contribution >= 4 is 127 Å². The van der Waals surface area contributed by atoms with E-state index in [1.165, 1.54) is 33.6 Å². The maximum atomic E-state index is 6.49. The normalized spacial score (nSPS) is 13.6. The topological polar surface area (TPSA) is 80.4 Å². The summed E-state index contributed by atoms with van der Waals surface area (Å²) in [7, 11) is -6.87. The summed E-state index contributed by atoms with van der Waals surface area (Å²) in [6.45, 7) is -0.511. The van der Waals surface area contributed by atoms with Crippen molar-refractivity contribution in [3.05, 3.63) is 364 Å². The molecule has 5 heterocycles. The van der Waals surface area contributed by atoms with Gasteiger partial charge in [0.05, 0.1) is 16.6 Å². The monoisotopic (exact) mass is 1340 g/mol. The Morgan fingerprint density at radius 2 is 0.567 bits per heavy atom. The number of benzene rings is 12. The summed E-state index contributed by atoms with van der Waals surface area (Å²) >= 11 is 13.0. The third kappa shape index (κ3) is 12.8. The zero-order valence-electron chi connectivity index (χ0n) is 53.4. The molecule has 97 heavy (non-hydrogen) atoms. The van der Waals surface area contributed by atoms with E-state index in [0.29, 0.717) is 5.82 Å². The number of hydrogen-bond acceptors (Lipinski definition) is 7. The number of nitrogens with zero attached hydrogens (tertiary/aromatic N) is 5. The lowest BCUT2D eigenvalue weighted by Crippen LogP contribution is -3.08. The number of halogens is 2. The van der Waals surface area contributed by atoms with Crippen molar-refractivity contribution in [3.63, 3.8) is 0 Å². The fourth-order valence-electron chi connectivity index (χ4n) is 13.4. The van der Waals surface area contributed by atoms with E-state index in [-0.39, 0.29) is 0 Å². The molecule has 0 unspecified atom stereocenters. The van der Waals surface area contributed by atoms with Crippen molar-refractivity contribution in [1.82, 2.24) is 15.0 Å². The molecule has 0 saturated carbocycles. The molecule has 12 aromatic carbocycles. The lowest BCUT2D eigenvalue weighted by molar-refractivity contribution is 0.198. The third-order valence-corrected chi connectivity index (χ3v) is 34.5. The van der Waals surface area contributed by atoms with Crippen LogP contribution < -0.4 is 45.3 Å². The third-order valence-electron chi connectivity index (χ3n) is 17.9. The Balaban J connectivity index is 0.000000174. The molecule has 17 rings (SSSR count). The highest BCUT2D eigenvalue weighted by molar-refractivity contribution is 7.56. The Morgan fingerprint density at radius 1 is 0.309 bits per heavy atom. The Labute approximate surface area is 580 Å². The van der Waals surface area contributed by atoms with Crippen molar-refractivity contribution in [3.8, 4) is 33.4 Å². The van der Waals surface area contributed by atoms with E-state index in [1.807, 2.05) is 115 Å². The molecule has 12 heteroatoms. The van der Waals surface area contributed by atoms with E-state index >= 15 is 0 Å². The summed E-state index contributed by atoms with van der Waals surface area (Å²) in [5.41, 5.74) is 15.4. The van der Waals surface area contributed by atoms with Crippen LogP contribution in [-0.4, -0.2) is 51.7 Å². The van der Waals surface area contributed by atoms with E-state index in [0.717, 1.165) is 101 Å². The first kappa shape index (κ1) is 63.8. The van der Waals surface area contributed by atoms with Gasteiger partial charge < -0.3 is 18.9 Å². The average molecular weight is 1350 g/mol. The van der Waals surface area contributed by atoms with Gasteiger partial charge in [0.15, 0.2) is 0 Å². The van der Waals surface area contributed by atoms with Crippen molar-refractivity contribution in [2.24, 2.45) is 0 Å². The molecule has 472 valence electrons. The molecule has 15 aromatic rings. The lowest BCUT2D eigenvalue weighted by Gasteiger charge is -2.72. The van der Waals surface area contributed by atoms with Crippen LogP contribution in [0.15, 0.2) is 364 Å². The fourth-order valence-corrected chi connectivity index (χ4v) is 31.6. The molecular weight excluding hydrogens is 1280 g/mol. The van der Waals surface area contributed by atoms with Gasteiger partial charge in [0, 0.05) is 46.1 Å². The van der Waals surface area contributed by atoms with Crippen LogP contribution in [0.25, 0.3) is 66.1 Å². The highest BCUT2D eigenvalue weighted by Gasteiger charge is 2.76. The number of hydrogen-bond donors (Lipinski definition) is 1. The second-order valence-electron chi connectivity index (χ2n) is 23.9. The quantitative estimate of drug-likeness (QED) is 0.102. The van der Waals surface area contributed by atoms with E-state index in [1.54, 1.807) is 0 Å². The fraction of sp³-hybridized carbons (Fsp3) is 0.0471. The van der Waals surface area contributed by atoms with Gasteiger partial charge in [-0.3, -0.25) is 0 Å². The summed E-state index contributed by atoms with van der Waals surface area (Å²) in [6, 6.07) is 128. The minimum absolute atomic E-state index is 0.579. The summed E-state index contributed by atoms with van der Waals surface area (Å²) in [5, 5.41) is 10.4. The molecule has 0 amide bonds. The molecule has 2 saturated heterocycles. The van der Waals surface area contributed by atoms with Crippen LogP contribution in [0, 0.1) is 0 Å². The van der Waals surface area contributed by atoms with E-state index in [9.17, 15) is 0 Å². The van der Waals surface area contributed by atoms with Crippen LogP contribution in [0.5, 0.6) is 0 Å². The van der Waals surface area contributed by atoms with Gasteiger partial charge >= 0.3 is 23.5 Å². The van der Waals surface area contributed by atoms with E-state index in [2.05, 4.69) is 262 Å². The smallest absolute Gasteiger partial charge is 0.320 e. The number of pyridine rings is 3. The first-order chi connectivity index (χ1) is 47.8. The molecular formula is C85H70Cl2N6OSi3. The molecule has 7 nitrogen and oxygen atoms in total. The summed E-state index contributed by atoms with van der Waals surface area (Å²) in [5.74, 6) is 2.55. The van der Waals surface area contributed by atoms with Gasteiger partial charge in [-0.15, -0.1) is 22.2 Å². The van der Waals surface area contributed by atoms with E-state index < -0.39 is 23.5 Å². The second-order valence-corrected chi connectivity index (χ2v) is 37.9. The maximum Gasteiger partial charge on any atom is 0.320 e. The van der Waals surface area contributed by atoms with Gasteiger partial charge in [0.2, 0.25) is 0 Å². The van der Waals surface area contributed by atoms with Crippen molar-refractivity contribution < 1.29 is 4.74 Å². The number of rotatable bonds is 11. The Morgan fingerprint density at radius 3 is 0.876 bits per heavy atom. The van der Waals surface area contributed by atoms with Crippen molar-refractivity contribution in [2.45, 2.75) is 12.8 Å². The molecule has 3 aromatic heterocycles. The van der Waals surface area contributed by atoms with Crippen LogP contribution in [0.3, 0.4) is 0 Å². The number of ether oxygens (including phenoxy) is 1. The maximum absolute atomic E-state index is 6.49. The number of nitrogens with two attached hydrogens (primary N) is 1. The molecule has 0 bridgehead atoms. The van der Waals surface area contributed by atoms with Crippen molar-refractivity contribution in [2.75, 3.05) is 27.4 Å². The van der Waals surface area contributed by atoms with Gasteiger partial charge in [-0.1, -0.05) is 328 Å². The number of para-hydroxylation sites is 3. The van der Waals surface area contributed by atoms with Crippen LogP contribution in [0.1, 0.15) is 12.8 Å². The molecule has 2 fully saturated rings. The predicted octanol–water partition coefficient (Wildman–Crippen LogP) is 17.0. The SMILES string of the molecule is C1CCOC1.Cl[Si](Cl)(c1ccccc1)c1ccccc1.Nc1nc2ccccc2cc1-c1ccccc1.c1ccc(-c2cc3ccccc3nc2N2[Si](c3ccccc3)(c3ccccc3)N(c3nc4ccccc4cc3-c3ccccc3)[Si]2(c2ccccc2)c2ccccc2)cc1. The molecule has 2 N–H and O–H groups in total. The van der Waals surface area contributed by atoms with Crippen LogP contribution in [-0.2, 0) is 4.74 Å². The number of nitrogen functional groups attached to an aromatic ring is 1. The summed E-state index contributed by atoms with van der Waals surface area (Å²) in [4.78, 5) is 16.2. The van der Waals surface area contributed by atoms with Crippen LogP contribution in [0.4, 0.5) is 17.5 Å². The summed E-state index contributed by atoms with van der Waals surface area (Å²) in [6.07, 6.45) is 2.56. The molecule has 2 aliphatic rings. The molecule has 2 aliphatic heterocycles. The first-order valence-corrected chi connectivity index (χ1v) is 40.7. The Bertz CT molecular complexity index is 4720. The minimum atomic E-state index is -3.44. The minimum Gasteiger partial charge on any atom is -0.383 e. The van der Waals surface area contributed by atoms with Crippen molar-refractivity contribution in [1.29, 1.82) is 0 Å². The molecule has 0 spiro atoms. The number of fused-ring (bicyclic) bond motifs is 3. The predicted molar refractivity (Wildman–Crippen MR) is 416 cm³/mol. The Kier molecular flexibility index (Phi) is 19.2. The average Bonchev–Trinajstić information content (AvgIpc) is 0.950. The highest BCUT2D eigenvalue weighted by Crippen LogP contribution is 2.50. The standard InChI is InChI=1S/C54H40N4Si2.C15H12N2.C12H10Cl2Si.C4H8O/c1-7-23-41(24-8-1)49-39-43-27-19-21-37-51(43)55-53(49)57-59(45-29-11-3-12-30-45,46-31-13-4-14-32-46)58(60(57,47-33-15-5-16-34-47)48-35-17-6-18-36-48)54-50(42-25-9-2-10-26-42)40-44-28-20-22-38-52(44)56-54;16-15-13(11-6-2-1-3-7-11)10-12-8-4-5-9-14(12)17-15;13-15(14,11-7-3-1-4-8-11)12-9-5-2-6-10-12;1-2-4-5-3-1/h1-40H;1-10H,(H2,16,17);1-10H;1-4H2. The molecule has 0 atom stereocenters. The molecule has 0 aliphatic carbocycles. The van der Waals surface area contributed by atoms with Gasteiger partial charge in [0.25, 0.3) is 0 Å². The number of aromatic nitrogens is 3. The lowest BCUT2D eigenvalue weighted by atomic mass is 10.0. The zero-order chi connectivity index (χ0) is 65.9.